The normalized spacial score (nSPS) is 21.0. The molecule has 0 amide bonds. The molecule has 1 aliphatic rings. The van der Waals surface area contributed by atoms with Crippen LogP contribution in [0, 0.1) is 0 Å². The van der Waals surface area contributed by atoms with Crippen LogP contribution in [0.5, 0.6) is 0 Å². The highest BCUT2D eigenvalue weighted by Crippen LogP contribution is 2.06. The maximum absolute atomic E-state index is 2.52. The summed E-state index contributed by atoms with van der Waals surface area (Å²) in [5, 5.41) is 0. The first-order chi connectivity index (χ1) is 3.93. The van der Waals surface area contributed by atoms with E-state index >= 15 is 0 Å². The highest BCUT2D eigenvalue weighted by molar-refractivity contribution is 5.85. The van der Waals surface area contributed by atoms with Crippen molar-refractivity contribution in [2.24, 2.45) is 0 Å². The first kappa shape index (κ1) is 9.25. The Morgan fingerprint density at radius 3 is 2.00 bits per heavy atom. The number of hydrogen-bond donors (Lipinski definition) is 0. The Hall–Kier alpha value is 0.250. The Morgan fingerprint density at radius 1 is 1.11 bits per heavy atom. The number of nitrogens with zero attached hydrogens (tertiary/aromatic N) is 1. The molecule has 0 radical (unpaired) electrons. The quantitative estimate of drug-likeness (QED) is 0.551. The maximum Gasteiger partial charge on any atom is -0.00188 e. The van der Waals surface area contributed by atoms with Crippen molar-refractivity contribution in [2.75, 3.05) is 19.6 Å². The van der Waals surface area contributed by atoms with Crippen LogP contribution in [0.3, 0.4) is 0 Å². The zero-order chi connectivity index (χ0) is 5.82. The third-order valence-electron chi connectivity index (χ3n) is 1.90. The lowest BCUT2D eigenvalue weighted by molar-refractivity contribution is 0.240. The second kappa shape index (κ2) is 5.07. The van der Waals surface area contributed by atoms with Crippen molar-refractivity contribution in [1.82, 2.24) is 4.90 Å². The molecule has 0 bridgehead atoms. The summed E-state index contributed by atoms with van der Waals surface area (Å²) in [6.07, 6.45) is 4.30. The van der Waals surface area contributed by atoms with E-state index in [-0.39, 0.29) is 12.4 Å². The van der Waals surface area contributed by atoms with E-state index < -0.39 is 0 Å². The van der Waals surface area contributed by atoms with E-state index in [1.165, 1.54) is 38.9 Å². The maximum atomic E-state index is 2.52. The number of likely N-dealkylation sites (tertiary alicyclic amines) is 1. The SMILES string of the molecule is CCN1CCCCC1.Cl. The van der Waals surface area contributed by atoms with Crippen molar-refractivity contribution >= 4 is 12.4 Å². The molecule has 2 heteroatoms. The standard InChI is InChI=1S/C7H15N.ClH/c1-2-8-6-4-3-5-7-8;/h2-7H2,1H3;1H. The predicted molar refractivity (Wildman–Crippen MR) is 43.2 cm³/mol. The Labute approximate surface area is 63.8 Å². The van der Waals surface area contributed by atoms with Crippen LogP contribution in [0.25, 0.3) is 0 Å². The fourth-order valence-corrected chi connectivity index (χ4v) is 1.28. The Kier molecular flexibility index (Phi) is 5.21. The molecule has 0 unspecified atom stereocenters. The van der Waals surface area contributed by atoms with E-state index in [2.05, 4.69) is 11.8 Å². The van der Waals surface area contributed by atoms with Crippen LogP contribution in [0.2, 0.25) is 0 Å². The van der Waals surface area contributed by atoms with Crippen LogP contribution in [-0.4, -0.2) is 24.5 Å². The number of piperidine rings is 1. The molecule has 1 nitrogen and oxygen atoms in total. The van der Waals surface area contributed by atoms with Crippen molar-refractivity contribution < 1.29 is 0 Å². The second-order valence-corrected chi connectivity index (χ2v) is 2.49. The van der Waals surface area contributed by atoms with Gasteiger partial charge in [-0.1, -0.05) is 13.3 Å². The van der Waals surface area contributed by atoms with Gasteiger partial charge in [0.15, 0.2) is 0 Å². The molecule has 0 aliphatic carbocycles. The molecule has 1 heterocycles. The van der Waals surface area contributed by atoms with Gasteiger partial charge in [0, 0.05) is 0 Å². The highest BCUT2D eigenvalue weighted by Gasteiger charge is 2.05. The first-order valence-electron chi connectivity index (χ1n) is 3.66. The summed E-state index contributed by atoms with van der Waals surface area (Å²) in [7, 11) is 0. The van der Waals surface area contributed by atoms with Crippen molar-refractivity contribution in [3.05, 3.63) is 0 Å². The lowest BCUT2D eigenvalue weighted by Gasteiger charge is -2.24. The summed E-state index contributed by atoms with van der Waals surface area (Å²) in [5.74, 6) is 0. The minimum Gasteiger partial charge on any atom is -0.304 e. The number of halogens is 1. The van der Waals surface area contributed by atoms with Crippen LogP contribution in [0.1, 0.15) is 26.2 Å². The van der Waals surface area contributed by atoms with E-state index in [9.17, 15) is 0 Å². The minimum atomic E-state index is 0. The van der Waals surface area contributed by atoms with Gasteiger partial charge < -0.3 is 4.90 Å². The molecule has 0 aromatic heterocycles. The molecule has 1 fully saturated rings. The third-order valence-corrected chi connectivity index (χ3v) is 1.90. The third kappa shape index (κ3) is 3.07. The van der Waals surface area contributed by atoms with Crippen LogP contribution in [0.4, 0.5) is 0 Å². The van der Waals surface area contributed by atoms with E-state index in [1.54, 1.807) is 0 Å². The first-order valence-corrected chi connectivity index (χ1v) is 3.66. The Morgan fingerprint density at radius 2 is 1.67 bits per heavy atom. The smallest absolute Gasteiger partial charge is 0.00188 e. The van der Waals surface area contributed by atoms with Gasteiger partial charge in [-0.15, -0.1) is 12.4 Å². The van der Waals surface area contributed by atoms with Crippen molar-refractivity contribution in [1.29, 1.82) is 0 Å². The Balaban J connectivity index is 0.000000640. The molecule has 0 atom stereocenters. The average Bonchev–Trinajstić information content (AvgIpc) is 1.90. The molecule has 0 N–H and O–H groups in total. The summed E-state index contributed by atoms with van der Waals surface area (Å²) in [6.45, 7) is 6.18. The molecule has 1 rings (SSSR count). The zero-order valence-electron chi connectivity index (χ0n) is 6.10. The highest BCUT2D eigenvalue weighted by atomic mass is 35.5. The molecular formula is C7H16ClN. The summed E-state index contributed by atoms with van der Waals surface area (Å²) in [5.41, 5.74) is 0. The van der Waals surface area contributed by atoms with E-state index in [0.717, 1.165) is 0 Å². The minimum absolute atomic E-state index is 0. The van der Waals surface area contributed by atoms with Crippen LogP contribution >= 0.6 is 12.4 Å². The second-order valence-electron chi connectivity index (χ2n) is 2.49. The van der Waals surface area contributed by atoms with E-state index in [4.69, 9.17) is 0 Å². The topological polar surface area (TPSA) is 3.24 Å². The molecule has 1 saturated heterocycles. The average molecular weight is 150 g/mol. The molecule has 0 aromatic carbocycles. The molecular weight excluding hydrogens is 134 g/mol. The number of hydrogen-bond acceptors (Lipinski definition) is 1. The van der Waals surface area contributed by atoms with Gasteiger partial charge in [-0.3, -0.25) is 0 Å². The van der Waals surface area contributed by atoms with E-state index in [0.29, 0.717) is 0 Å². The Bertz CT molecular complexity index is 59.9. The summed E-state index contributed by atoms with van der Waals surface area (Å²) in [4.78, 5) is 2.52. The summed E-state index contributed by atoms with van der Waals surface area (Å²) in [6, 6.07) is 0. The largest absolute Gasteiger partial charge is 0.304 e. The van der Waals surface area contributed by atoms with Gasteiger partial charge in [0.1, 0.15) is 0 Å². The van der Waals surface area contributed by atoms with Crippen molar-refractivity contribution in [3.63, 3.8) is 0 Å². The lowest BCUT2D eigenvalue weighted by atomic mass is 10.1. The molecule has 1 aliphatic heterocycles. The van der Waals surface area contributed by atoms with Crippen LogP contribution in [-0.2, 0) is 0 Å². The lowest BCUT2D eigenvalue weighted by Crippen LogP contribution is -2.29. The van der Waals surface area contributed by atoms with Gasteiger partial charge in [0.05, 0.1) is 0 Å². The fourth-order valence-electron chi connectivity index (χ4n) is 1.28. The van der Waals surface area contributed by atoms with Crippen molar-refractivity contribution in [3.8, 4) is 0 Å². The van der Waals surface area contributed by atoms with Gasteiger partial charge in [0.25, 0.3) is 0 Å². The molecule has 9 heavy (non-hydrogen) atoms. The van der Waals surface area contributed by atoms with E-state index in [1.807, 2.05) is 0 Å². The van der Waals surface area contributed by atoms with Gasteiger partial charge in [-0.25, -0.2) is 0 Å². The van der Waals surface area contributed by atoms with Gasteiger partial charge in [-0.2, -0.15) is 0 Å². The van der Waals surface area contributed by atoms with Crippen LogP contribution in [0.15, 0.2) is 0 Å². The molecule has 0 spiro atoms. The molecule has 56 valence electrons. The van der Waals surface area contributed by atoms with Gasteiger partial charge >= 0.3 is 0 Å². The molecule has 0 saturated carbocycles. The van der Waals surface area contributed by atoms with Gasteiger partial charge in [0.2, 0.25) is 0 Å². The fraction of sp³-hybridized carbons (Fsp3) is 1.00. The summed E-state index contributed by atoms with van der Waals surface area (Å²) < 4.78 is 0. The zero-order valence-corrected chi connectivity index (χ0v) is 6.91. The predicted octanol–water partition coefficient (Wildman–Crippen LogP) is 1.91. The summed E-state index contributed by atoms with van der Waals surface area (Å²) >= 11 is 0. The monoisotopic (exact) mass is 149 g/mol. The van der Waals surface area contributed by atoms with Crippen molar-refractivity contribution in [2.45, 2.75) is 26.2 Å². The van der Waals surface area contributed by atoms with Gasteiger partial charge in [-0.05, 0) is 32.5 Å². The van der Waals surface area contributed by atoms with Crippen LogP contribution < -0.4 is 0 Å². The number of rotatable bonds is 1. The molecule has 0 aromatic rings.